The molecule has 1 aromatic rings. The third-order valence-electron chi connectivity index (χ3n) is 3.11. The lowest BCUT2D eigenvalue weighted by Gasteiger charge is -2.28. The van der Waals surface area contributed by atoms with Crippen molar-refractivity contribution in [3.05, 3.63) is 29.8 Å². The summed E-state index contributed by atoms with van der Waals surface area (Å²) in [6.07, 6.45) is 3.52. The third-order valence-corrected chi connectivity index (χ3v) is 3.11. The molecule has 16 heavy (non-hydrogen) atoms. The lowest BCUT2D eigenvalue weighted by atomic mass is 9.96. The highest BCUT2D eigenvalue weighted by Gasteiger charge is 2.24. The summed E-state index contributed by atoms with van der Waals surface area (Å²) in [7, 11) is 1.67. The summed E-state index contributed by atoms with van der Waals surface area (Å²) in [6, 6.07) is 7.81. The van der Waals surface area contributed by atoms with E-state index in [1.54, 1.807) is 7.11 Å². The molecule has 0 amide bonds. The molecule has 1 aliphatic heterocycles. The van der Waals surface area contributed by atoms with E-state index >= 15 is 0 Å². The van der Waals surface area contributed by atoms with Crippen LogP contribution in [0.5, 0.6) is 5.75 Å². The van der Waals surface area contributed by atoms with Crippen molar-refractivity contribution in [1.29, 1.82) is 0 Å². The Kier molecular flexibility index (Phi) is 3.80. The van der Waals surface area contributed by atoms with Crippen LogP contribution >= 0.6 is 0 Å². The fourth-order valence-electron chi connectivity index (χ4n) is 2.19. The van der Waals surface area contributed by atoms with Gasteiger partial charge < -0.3 is 15.2 Å². The van der Waals surface area contributed by atoms with Crippen LogP contribution < -0.4 is 10.5 Å². The minimum absolute atomic E-state index is 0.0866. The predicted octanol–water partition coefficient (Wildman–Crippen LogP) is 2.26. The van der Waals surface area contributed by atoms with Gasteiger partial charge in [-0.05, 0) is 25.3 Å². The second kappa shape index (κ2) is 5.32. The molecule has 0 radical (unpaired) electrons. The van der Waals surface area contributed by atoms with Gasteiger partial charge in [0.2, 0.25) is 0 Å². The molecule has 1 heterocycles. The van der Waals surface area contributed by atoms with E-state index in [2.05, 4.69) is 0 Å². The van der Waals surface area contributed by atoms with Gasteiger partial charge in [-0.15, -0.1) is 0 Å². The van der Waals surface area contributed by atoms with Gasteiger partial charge in [0.15, 0.2) is 0 Å². The first-order valence-electron chi connectivity index (χ1n) is 5.83. The van der Waals surface area contributed by atoms with Crippen molar-refractivity contribution in [2.45, 2.75) is 31.4 Å². The summed E-state index contributed by atoms with van der Waals surface area (Å²) in [5.41, 5.74) is 7.28. The van der Waals surface area contributed by atoms with Crippen molar-refractivity contribution in [3.8, 4) is 5.75 Å². The Balaban J connectivity index is 2.15. The molecule has 88 valence electrons. The highest BCUT2D eigenvalue weighted by Crippen LogP contribution is 2.30. The maximum Gasteiger partial charge on any atom is 0.123 e. The van der Waals surface area contributed by atoms with E-state index in [-0.39, 0.29) is 12.1 Å². The highest BCUT2D eigenvalue weighted by atomic mass is 16.5. The van der Waals surface area contributed by atoms with E-state index in [9.17, 15) is 0 Å². The lowest BCUT2D eigenvalue weighted by molar-refractivity contribution is -0.000384. The molecule has 2 N–H and O–H groups in total. The van der Waals surface area contributed by atoms with Crippen molar-refractivity contribution in [2.24, 2.45) is 5.73 Å². The van der Waals surface area contributed by atoms with Gasteiger partial charge in [-0.1, -0.05) is 18.2 Å². The molecule has 2 unspecified atom stereocenters. The van der Waals surface area contributed by atoms with E-state index in [0.717, 1.165) is 30.8 Å². The van der Waals surface area contributed by atoms with E-state index in [0.29, 0.717) is 0 Å². The molecule has 1 saturated heterocycles. The van der Waals surface area contributed by atoms with Crippen molar-refractivity contribution in [2.75, 3.05) is 13.7 Å². The van der Waals surface area contributed by atoms with Crippen LogP contribution in [0.2, 0.25) is 0 Å². The quantitative estimate of drug-likeness (QED) is 0.851. The molecule has 0 bridgehead atoms. The number of methoxy groups -OCH3 is 1. The minimum atomic E-state index is -0.0866. The first-order chi connectivity index (χ1) is 7.83. The monoisotopic (exact) mass is 221 g/mol. The fourth-order valence-corrected chi connectivity index (χ4v) is 2.19. The van der Waals surface area contributed by atoms with Crippen molar-refractivity contribution < 1.29 is 9.47 Å². The average molecular weight is 221 g/mol. The summed E-state index contributed by atoms with van der Waals surface area (Å²) in [5, 5.41) is 0. The average Bonchev–Trinajstić information content (AvgIpc) is 2.39. The van der Waals surface area contributed by atoms with Gasteiger partial charge in [0.25, 0.3) is 0 Å². The molecule has 1 aliphatic rings. The van der Waals surface area contributed by atoms with Crippen LogP contribution in [-0.2, 0) is 4.74 Å². The first kappa shape index (κ1) is 11.4. The number of benzene rings is 1. The smallest absolute Gasteiger partial charge is 0.123 e. The van der Waals surface area contributed by atoms with Crippen LogP contribution in [0.1, 0.15) is 30.9 Å². The number of nitrogens with two attached hydrogens (primary N) is 1. The first-order valence-corrected chi connectivity index (χ1v) is 5.83. The molecule has 2 atom stereocenters. The summed E-state index contributed by atoms with van der Waals surface area (Å²) < 4.78 is 11.0. The molecule has 2 rings (SSSR count). The van der Waals surface area contributed by atoms with Crippen molar-refractivity contribution >= 4 is 0 Å². The van der Waals surface area contributed by atoms with Crippen LogP contribution in [0.15, 0.2) is 24.3 Å². The Labute approximate surface area is 96.5 Å². The number of ether oxygens (including phenoxy) is 2. The normalized spacial score (nSPS) is 22.8. The molecule has 1 aromatic carbocycles. The molecule has 3 heteroatoms. The highest BCUT2D eigenvalue weighted by molar-refractivity contribution is 5.36. The number of rotatable bonds is 3. The molecule has 0 aliphatic carbocycles. The molecule has 3 nitrogen and oxygen atoms in total. The zero-order chi connectivity index (χ0) is 11.4. The Morgan fingerprint density at radius 1 is 1.38 bits per heavy atom. The second-order valence-electron chi connectivity index (χ2n) is 4.17. The van der Waals surface area contributed by atoms with Crippen LogP contribution in [0, 0.1) is 0 Å². The Morgan fingerprint density at radius 2 is 2.19 bits per heavy atom. The molecule has 0 saturated carbocycles. The number of hydrogen-bond donors (Lipinski definition) is 1. The molecule has 0 spiro atoms. The van der Waals surface area contributed by atoms with Crippen molar-refractivity contribution in [1.82, 2.24) is 0 Å². The Hall–Kier alpha value is -1.06. The maximum absolute atomic E-state index is 6.24. The van der Waals surface area contributed by atoms with Gasteiger partial charge in [0.1, 0.15) is 5.75 Å². The molecule has 1 fully saturated rings. The third kappa shape index (κ3) is 2.36. The second-order valence-corrected chi connectivity index (χ2v) is 4.17. The standard InChI is InChI=1S/C13H19NO2/c1-15-11-7-3-2-6-10(11)13(14)12-8-4-5-9-16-12/h2-3,6-7,12-13H,4-5,8-9,14H2,1H3. The van der Waals surface area contributed by atoms with Crippen molar-refractivity contribution in [3.63, 3.8) is 0 Å². The topological polar surface area (TPSA) is 44.5 Å². The Morgan fingerprint density at radius 3 is 2.88 bits per heavy atom. The summed E-state index contributed by atoms with van der Waals surface area (Å²) in [4.78, 5) is 0. The summed E-state index contributed by atoms with van der Waals surface area (Å²) >= 11 is 0. The number of para-hydroxylation sites is 1. The minimum Gasteiger partial charge on any atom is -0.496 e. The van der Waals surface area contributed by atoms with E-state index in [1.165, 1.54) is 6.42 Å². The van der Waals surface area contributed by atoms with E-state index in [1.807, 2.05) is 24.3 Å². The van der Waals surface area contributed by atoms with E-state index in [4.69, 9.17) is 15.2 Å². The van der Waals surface area contributed by atoms with Gasteiger partial charge in [-0.3, -0.25) is 0 Å². The van der Waals surface area contributed by atoms with Gasteiger partial charge >= 0.3 is 0 Å². The Bertz CT molecular complexity index is 334. The van der Waals surface area contributed by atoms with Gasteiger partial charge in [0, 0.05) is 12.2 Å². The molecule has 0 aromatic heterocycles. The zero-order valence-corrected chi connectivity index (χ0v) is 9.69. The van der Waals surface area contributed by atoms with Crippen LogP contribution in [0.25, 0.3) is 0 Å². The number of hydrogen-bond acceptors (Lipinski definition) is 3. The molecular formula is C13H19NO2. The SMILES string of the molecule is COc1ccccc1C(N)C1CCCCO1. The predicted molar refractivity (Wildman–Crippen MR) is 63.5 cm³/mol. The van der Waals surface area contributed by atoms with Crippen LogP contribution in [-0.4, -0.2) is 19.8 Å². The maximum atomic E-state index is 6.24. The summed E-state index contributed by atoms with van der Waals surface area (Å²) in [5.74, 6) is 0.851. The zero-order valence-electron chi connectivity index (χ0n) is 9.69. The van der Waals surface area contributed by atoms with Gasteiger partial charge in [0.05, 0.1) is 19.3 Å². The van der Waals surface area contributed by atoms with Gasteiger partial charge in [-0.25, -0.2) is 0 Å². The van der Waals surface area contributed by atoms with Gasteiger partial charge in [-0.2, -0.15) is 0 Å². The fraction of sp³-hybridized carbons (Fsp3) is 0.538. The van der Waals surface area contributed by atoms with E-state index < -0.39 is 0 Å². The van der Waals surface area contributed by atoms with Crippen LogP contribution in [0.3, 0.4) is 0 Å². The van der Waals surface area contributed by atoms with Crippen LogP contribution in [0.4, 0.5) is 0 Å². The lowest BCUT2D eigenvalue weighted by Crippen LogP contribution is -2.32. The summed E-state index contributed by atoms with van der Waals surface area (Å²) in [6.45, 7) is 0.827. The largest absolute Gasteiger partial charge is 0.496 e. The molecular weight excluding hydrogens is 202 g/mol.